The van der Waals surface area contributed by atoms with E-state index in [0.29, 0.717) is 10.0 Å². The number of aryl methyl sites for hydroxylation is 2. The smallest absolute Gasteiger partial charge is 0.191 e. The van der Waals surface area contributed by atoms with Gasteiger partial charge in [0.25, 0.3) is 0 Å². The molecule has 5 nitrogen and oxygen atoms in total. The van der Waals surface area contributed by atoms with Gasteiger partial charge in [-0.15, -0.1) is 24.0 Å². The van der Waals surface area contributed by atoms with E-state index in [4.69, 9.17) is 23.2 Å². The molecule has 2 N–H and O–H groups in total. The zero-order valence-corrected chi connectivity index (χ0v) is 18.4. The van der Waals surface area contributed by atoms with Crippen LogP contribution in [0.15, 0.2) is 35.6 Å². The monoisotopic (exact) mass is 495 g/mol. The highest BCUT2D eigenvalue weighted by atomic mass is 127. The fourth-order valence-corrected chi connectivity index (χ4v) is 2.94. The summed E-state index contributed by atoms with van der Waals surface area (Å²) >= 11 is 12.2. The van der Waals surface area contributed by atoms with Crippen molar-refractivity contribution in [1.29, 1.82) is 0 Å². The molecule has 0 aliphatic rings. The standard InChI is InChI=1S/C17H23Cl2N5.HI/c1-12-10-22-24(11-12)8-4-7-21-17(20-3)23-13(2)15-6-5-14(18)9-16(15)19;/h5-6,9-11,13H,4,7-8H2,1-3H3,(H2,20,21,23);1H. The van der Waals surface area contributed by atoms with Gasteiger partial charge in [-0.2, -0.15) is 5.10 Å². The lowest BCUT2D eigenvalue weighted by molar-refractivity contribution is 0.567. The van der Waals surface area contributed by atoms with Crippen molar-refractivity contribution in [2.24, 2.45) is 4.99 Å². The highest BCUT2D eigenvalue weighted by Crippen LogP contribution is 2.25. The van der Waals surface area contributed by atoms with E-state index in [1.54, 1.807) is 13.1 Å². The summed E-state index contributed by atoms with van der Waals surface area (Å²) in [5.74, 6) is 0.741. The minimum Gasteiger partial charge on any atom is -0.356 e. The summed E-state index contributed by atoms with van der Waals surface area (Å²) in [7, 11) is 1.75. The number of rotatable bonds is 6. The quantitative estimate of drug-likeness (QED) is 0.270. The Morgan fingerprint density at radius 2 is 2.12 bits per heavy atom. The van der Waals surface area contributed by atoms with Gasteiger partial charge in [-0.3, -0.25) is 9.67 Å². The van der Waals surface area contributed by atoms with Crippen molar-refractivity contribution < 1.29 is 0 Å². The molecule has 25 heavy (non-hydrogen) atoms. The average Bonchev–Trinajstić information content (AvgIpc) is 2.95. The van der Waals surface area contributed by atoms with Gasteiger partial charge < -0.3 is 10.6 Å². The van der Waals surface area contributed by atoms with Crippen LogP contribution >= 0.6 is 47.2 Å². The van der Waals surface area contributed by atoms with Crippen LogP contribution in [0.25, 0.3) is 0 Å². The normalized spacial score (nSPS) is 12.4. The first-order chi connectivity index (χ1) is 11.5. The van der Waals surface area contributed by atoms with Crippen LogP contribution in [-0.2, 0) is 6.54 Å². The van der Waals surface area contributed by atoms with Gasteiger partial charge in [-0.1, -0.05) is 29.3 Å². The molecule has 0 amide bonds. The molecule has 1 aromatic heterocycles. The Bertz CT molecular complexity index is 702. The SMILES string of the molecule is CN=C(NCCCn1cc(C)cn1)NC(C)c1ccc(Cl)cc1Cl.I. The zero-order valence-electron chi connectivity index (χ0n) is 14.6. The lowest BCUT2D eigenvalue weighted by Crippen LogP contribution is -2.39. The summed E-state index contributed by atoms with van der Waals surface area (Å²) in [6, 6.07) is 5.53. The highest BCUT2D eigenvalue weighted by Gasteiger charge is 2.11. The molecule has 2 rings (SSSR count). The van der Waals surface area contributed by atoms with Gasteiger partial charge in [0, 0.05) is 36.4 Å². The molecule has 1 atom stereocenters. The summed E-state index contributed by atoms with van der Waals surface area (Å²) in [5.41, 5.74) is 2.16. The predicted octanol–water partition coefficient (Wildman–Crippen LogP) is 4.43. The lowest BCUT2D eigenvalue weighted by atomic mass is 10.1. The average molecular weight is 496 g/mol. The number of benzene rings is 1. The number of nitrogens with zero attached hydrogens (tertiary/aromatic N) is 3. The van der Waals surface area contributed by atoms with Crippen LogP contribution in [0.3, 0.4) is 0 Å². The number of hydrogen-bond acceptors (Lipinski definition) is 2. The fourth-order valence-electron chi connectivity index (χ4n) is 2.37. The molecule has 0 bridgehead atoms. The minimum atomic E-state index is 0. The van der Waals surface area contributed by atoms with Crippen molar-refractivity contribution in [2.75, 3.05) is 13.6 Å². The molecule has 0 saturated carbocycles. The van der Waals surface area contributed by atoms with Crippen LogP contribution in [0, 0.1) is 6.92 Å². The molecule has 0 radical (unpaired) electrons. The number of guanidine groups is 1. The second kappa shape index (κ2) is 10.9. The Labute approximate surface area is 176 Å². The minimum absolute atomic E-state index is 0. The molecule has 0 spiro atoms. The maximum Gasteiger partial charge on any atom is 0.191 e. The van der Waals surface area contributed by atoms with Gasteiger partial charge in [0.1, 0.15) is 0 Å². The van der Waals surface area contributed by atoms with Crippen LogP contribution in [0.2, 0.25) is 10.0 Å². The van der Waals surface area contributed by atoms with E-state index in [-0.39, 0.29) is 30.0 Å². The lowest BCUT2D eigenvalue weighted by Gasteiger charge is -2.19. The first-order valence-electron chi connectivity index (χ1n) is 7.91. The van der Waals surface area contributed by atoms with Crippen LogP contribution in [0.5, 0.6) is 0 Å². The van der Waals surface area contributed by atoms with Crippen LogP contribution in [-0.4, -0.2) is 29.3 Å². The Morgan fingerprint density at radius 1 is 1.36 bits per heavy atom. The molecular weight excluding hydrogens is 472 g/mol. The third-order valence-electron chi connectivity index (χ3n) is 3.62. The summed E-state index contributed by atoms with van der Waals surface area (Å²) < 4.78 is 1.95. The third kappa shape index (κ3) is 7.03. The van der Waals surface area contributed by atoms with Gasteiger partial charge in [0.2, 0.25) is 0 Å². The van der Waals surface area contributed by atoms with E-state index in [1.807, 2.05) is 43.1 Å². The number of aromatic nitrogens is 2. The first kappa shape index (κ1) is 22.1. The molecular formula is C17H24Cl2IN5. The van der Waals surface area contributed by atoms with Crippen LogP contribution in [0.1, 0.15) is 30.5 Å². The fraction of sp³-hybridized carbons (Fsp3) is 0.412. The number of nitrogens with one attached hydrogen (secondary N) is 2. The van der Waals surface area contributed by atoms with Crippen molar-refractivity contribution >= 4 is 53.1 Å². The van der Waals surface area contributed by atoms with Crippen LogP contribution in [0.4, 0.5) is 0 Å². The molecule has 138 valence electrons. The molecule has 0 aliphatic carbocycles. The maximum absolute atomic E-state index is 6.25. The summed E-state index contributed by atoms with van der Waals surface area (Å²) in [6.45, 7) is 5.75. The highest BCUT2D eigenvalue weighted by molar-refractivity contribution is 14.0. The summed E-state index contributed by atoms with van der Waals surface area (Å²) in [5, 5.41) is 12.2. The molecule has 0 saturated heterocycles. The maximum atomic E-state index is 6.25. The Kier molecular flexibility index (Phi) is 9.60. The van der Waals surface area contributed by atoms with Crippen molar-refractivity contribution in [3.63, 3.8) is 0 Å². The number of halogens is 3. The topological polar surface area (TPSA) is 54.2 Å². The van der Waals surface area contributed by atoms with E-state index < -0.39 is 0 Å². The van der Waals surface area contributed by atoms with Gasteiger partial charge in [-0.05, 0) is 43.5 Å². The van der Waals surface area contributed by atoms with E-state index in [2.05, 4.69) is 20.7 Å². The van der Waals surface area contributed by atoms with Crippen molar-refractivity contribution in [3.05, 3.63) is 51.8 Å². The molecule has 0 fully saturated rings. The van der Waals surface area contributed by atoms with Gasteiger partial charge in [0.05, 0.1) is 12.2 Å². The first-order valence-corrected chi connectivity index (χ1v) is 8.66. The van der Waals surface area contributed by atoms with Crippen molar-refractivity contribution in [2.45, 2.75) is 32.9 Å². The Morgan fingerprint density at radius 3 is 2.72 bits per heavy atom. The molecule has 2 aromatic rings. The molecule has 1 heterocycles. The van der Waals surface area contributed by atoms with E-state index in [9.17, 15) is 0 Å². The van der Waals surface area contributed by atoms with Crippen LogP contribution < -0.4 is 10.6 Å². The molecule has 0 aliphatic heterocycles. The summed E-state index contributed by atoms with van der Waals surface area (Å²) in [6.07, 6.45) is 4.86. The van der Waals surface area contributed by atoms with Gasteiger partial charge >= 0.3 is 0 Å². The molecule has 1 unspecified atom stereocenters. The Balaban J connectivity index is 0.00000312. The Hall–Kier alpha value is -0.990. The zero-order chi connectivity index (χ0) is 17.5. The largest absolute Gasteiger partial charge is 0.356 e. The van der Waals surface area contributed by atoms with E-state index >= 15 is 0 Å². The van der Waals surface area contributed by atoms with E-state index in [0.717, 1.165) is 31.0 Å². The number of aliphatic imine (C=N–C) groups is 1. The van der Waals surface area contributed by atoms with Crippen molar-refractivity contribution in [1.82, 2.24) is 20.4 Å². The van der Waals surface area contributed by atoms with Gasteiger partial charge in [0.15, 0.2) is 5.96 Å². The second-order valence-electron chi connectivity index (χ2n) is 5.67. The van der Waals surface area contributed by atoms with Crippen molar-refractivity contribution in [3.8, 4) is 0 Å². The molecule has 8 heteroatoms. The third-order valence-corrected chi connectivity index (χ3v) is 4.19. The second-order valence-corrected chi connectivity index (χ2v) is 6.51. The predicted molar refractivity (Wildman–Crippen MR) is 116 cm³/mol. The van der Waals surface area contributed by atoms with Gasteiger partial charge in [-0.25, -0.2) is 0 Å². The molecule has 1 aromatic carbocycles. The van der Waals surface area contributed by atoms with E-state index in [1.165, 1.54) is 5.56 Å². The summed E-state index contributed by atoms with van der Waals surface area (Å²) in [4.78, 5) is 4.25. The number of hydrogen-bond donors (Lipinski definition) is 2.